The second kappa shape index (κ2) is 8.36. The number of likely N-dealkylation sites (N-methyl/N-ethyl adjacent to an activating group) is 1. The van der Waals surface area contributed by atoms with Crippen LogP contribution in [0.2, 0.25) is 0 Å². The van der Waals surface area contributed by atoms with Crippen molar-refractivity contribution in [1.29, 1.82) is 0 Å². The molecule has 1 aromatic heterocycles. The molecule has 0 saturated carbocycles. The van der Waals surface area contributed by atoms with E-state index in [2.05, 4.69) is 29.4 Å². The Hall–Kier alpha value is -1.53. The molecule has 6 nitrogen and oxygen atoms in total. The Kier molecular flexibility index (Phi) is 7.09. The van der Waals surface area contributed by atoms with Crippen LogP contribution in [0.4, 0.5) is 4.79 Å². The first-order chi connectivity index (χ1) is 10.7. The van der Waals surface area contributed by atoms with Crippen LogP contribution in [0.25, 0.3) is 0 Å². The number of rotatable bonds is 8. The smallest absolute Gasteiger partial charge is 0.314 e. The number of amides is 2. The third-order valence-electron chi connectivity index (χ3n) is 4.31. The van der Waals surface area contributed by atoms with E-state index in [4.69, 9.17) is 4.42 Å². The molecular weight excluding hydrogens is 294 g/mol. The maximum Gasteiger partial charge on any atom is 0.314 e. The van der Waals surface area contributed by atoms with E-state index in [1.165, 1.54) is 0 Å². The first-order valence-corrected chi connectivity index (χ1v) is 8.19. The van der Waals surface area contributed by atoms with Crippen molar-refractivity contribution in [3.05, 3.63) is 23.2 Å². The van der Waals surface area contributed by atoms with Crippen LogP contribution in [0.15, 0.2) is 10.5 Å². The van der Waals surface area contributed by atoms with Crippen LogP contribution in [0, 0.1) is 13.8 Å². The van der Waals surface area contributed by atoms with Crippen molar-refractivity contribution in [2.24, 2.45) is 0 Å². The summed E-state index contributed by atoms with van der Waals surface area (Å²) in [5, 5.41) is 16.1. The summed E-state index contributed by atoms with van der Waals surface area (Å²) in [4.78, 5) is 14.1. The van der Waals surface area contributed by atoms with Crippen LogP contribution in [-0.4, -0.2) is 48.8 Å². The van der Waals surface area contributed by atoms with E-state index in [0.29, 0.717) is 23.9 Å². The van der Waals surface area contributed by atoms with E-state index in [1.807, 2.05) is 20.9 Å². The monoisotopic (exact) mass is 325 g/mol. The first kappa shape index (κ1) is 19.5. The van der Waals surface area contributed by atoms with E-state index < -0.39 is 5.60 Å². The number of urea groups is 1. The molecule has 23 heavy (non-hydrogen) atoms. The third-order valence-corrected chi connectivity index (χ3v) is 4.31. The fraction of sp³-hybridized carbons (Fsp3) is 0.706. The molecule has 1 aromatic rings. The second-order valence-corrected chi connectivity index (χ2v) is 6.45. The Morgan fingerprint density at radius 1 is 1.43 bits per heavy atom. The van der Waals surface area contributed by atoms with Crippen LogP contribution in [0.1, 0.15) is 44.3 Å². The molecule has 2 atom stereocenters. The van der Waals surface area contributed by atoms with Gasteiger partial charge in [0.05, 0.1) is 6.54 Å². The predicted molar refractivity (Wildman–Crippen MR) is 91.5 cm³/mol. The minimum Gasteiger partial charge on any atom is -0.466 e. The average molecular weight is 325 g/mol. The van der Waals surface area contributed by atoms with E-state index in [1.54, 1.807) is 13.0 Å². The van der Waals surface area contributed by atoms with Crippen LogP contribution < -0.4 is 10.6 Å². The number of nitrogens with zero attached hydrogens (tertiary/aromatic N) is 1. The highest BCUT2D eigenvalue weighted by Gasteiger charge is 2.28. The molecule has 6 heteroatoms. The number of carbonyl (C=O) groups excluding carboxylic acids is 1. The predicted octanol–water partition coefficient (Wildman–Crippen LogP) is 2.13. The second-order valence-electron chi connectivity index (χ2n) is 6.45. The molecule has 1 rings (SSSR count). The van der Waals surface area contributed by atoms with Gasteiger partial charge < -0.3 is 25.1 Å². The molecule has 2 amide bonds. The highest BCUT2D eigenvalue weighted by Crippen LogP contribution is 2.26. The van der Waals surface area contributed by atoms with E-state index in [9.17, 15) is 9.90 Å². The summed E-state index contributed by atoms with van der Waals surface area (Å²) < 4.78 is 5.44. The van der Waals surface area contributed by atoms with Crippen molar-refractivity contribution < 1.29 is 14.3 Å². The van der Waals surface area contributed by atoms with Gasteiger partial charge in [0.2, 0.25) is 0 Å². The van der Waals surface area contributed by atoms with Crippen molar-refractivity contribution in [2.45, 2.75) is 52.7 Å². The first-order valence-electron chi connectivity index (χ1n) is 8.19. The van der Waals surface area contributed by atoms with E-state index in [0.717, 1.165) is 18.7 Å². The van der Waals surface area contributed by atoms with Crippen LogP contribution >= 0.6 is 0 Å². The van der Waals surface area contributed by atoms with Crippen molar-refractivity contribution in [2.75, 3.05) is 26.7 Å². The molecule has 0 fully saturated rings. The molecule has 0 aliphatic carbocycles. The lowest BCUT2D eigenvalue weighted by Crippen LogP contribution is -2.45. The topological polar surface area (TPSA) is 77.7 Å². The summed E-state index contributed by atoms with van der Waals surface area (Å²) >= 11 is 0. The van der Waals surface area contributed by atoms with Crippen LogP contribution in [0.3, 0.4) is 0 Å². The zero-order chi connectivity index (χ0) is 17.6. The van der Waals surface area contributed by atoms with Gasteiger partial charge in [0.1, 0.15) is 17.1 Å². The summed E-state index contributed by atoms with van der Waals surface area (Å²) in [7, 11) is 2.04. The Morgan fingerprint density at radius 2 is 2.09 bits per heavy atom. The van der Waals surface area contributed by atoms with Gasteiger partial charge in [-0.2, -0.15) is 0 Å². The molecule has 132 valence electrons. The Labute approximate surface area is 139 Å². The molecule has 2 unspecified atom stereocenters. The molecule has 0 saturated heterocycles. The lowest BCUT2D eigenvalue weighted by atomic mass is 9.96. The SMILES string of the molecule is CCC(C)N(C)CCNC(=O)NCC(C)(O)c1cc(C)oc1C. The highest BCUT2D eigenvalue weighted by atomic mass is 16.3. The Morgan fingerprint density at radius 3 is 2.61 bits per heavy atom. The number of aliphatic hydroxyl groups is 1. The lowest BCUT2D eigenvalue weighted by molar-refractivity contribution is 0.0578. The van der Waals surface area contributed by atoms with Crippen molar-refractivity contribution in [3.63, 3.8) is 0 Å². The summed E-state index contributed by atoms with van der Waals surface area (Å²) in [6, 6.07) is 2.02. The Balaban J connectivity index is 2.39. The normalized spacial score (nSPS) is 15.3. The molecule has 0 aliphatic rings. The summed E-state index contributed by atoms with van der Waals surface area (Å²) in [5.74, 6) is 1.42. The number of furan rings is 1. The van der Waals surface area contributed by atoms with Gasteiger partial charge in [-0.15, -0.1) is 0 Å². The standard InChI is InChI=1S/C17H31N3O3/c1-7-12(2)20(6)9-8-18-16(21)19-11-17(5,22)15-10-13(3)23-14(15)4/h10,12,22H,7-9,11H2,1-6H3,(H2,18,19,21). The van der Waals surface area contributed by atoms with E-state index >= 15 is 0 Å². The Bertz CT molecular complexity index is 511. The number of carbonyl (C=O) groups is 1. The van der Waals surface area contributed by atoms with Gasteiger partial charge in [-0.1, -0.05) is 6.92 Å². The molecule has 3 N–H and O–H groups in total. The molecule has 0 aromatic carbocycles. The number of hydrogen-bond acceptors (Lipinski definition) is 4. The van der Waals surface area contributed by atoms with Crippen LogP contribution in [-0.2, 0) is 5.60 Å². The maximum atomic E-state index is 11.9. The molecule has 0 bridgehead atoms. The molecular formula is C17H31N3O3. The number of aryl methyl sites for hydroxylation is 2. The largest absolute Gasteiger partial charge is 0.466 e. The van der Waals surface area contributed by atoms with Crippen molar-refractivity contribution in [1.82, 2.24) is 15.5 Å². The zero-order valence-corrected chi connectivity index (χ0v) is 15.2. The lowest BCUT2D eigenvalue weighted by Gasteiger charge is -2.25. The third kappa shape index (κ3) is 5.88. The number of hydrogen-bond donors (Lipinski definition) is 3. The molecule has 1 heterocycles. The van der Waals surface area contributed by atoms with E-state index in [-0.39, 0.29) is 12.6 Å². The summed E-state index contributed by atoms with van der Waals surface area (Å²) in [6.45, 7) is 11.1. The van der Waals surface area contributed by atoms with Crippen LogP contribution in [0.5, 0.6) is 0 Å². The van der Waals surface area contributed by atoms with Gasteiger partial charge in [0.15, 0.2) is 0 Å². The van der Waals surface area contributed by atoms with Gasteiger partial charge in [0.25, 0.3) is 0 Å². The highest BCUT2D eigenvalue weighted by molar-refractivity contribution is 5.73. The van der Waals surface area contributed by atoms with Gasteiger partial charge >= 0.3 is 6.03 Å². The van der Waals surface area contributed by atoms with Crippen molar-refractivity contribution >= 4 is 6.03 Å². The van der Waals surface area contributed by atoms with Gasteiger partial charge in [0, 0.05) is 24.7 Å². The van der Waals surface area contributed by atoms with Gasteiger partial charge in [-0.3, -0.25) is 0 Å². The minimum atomic E-state index is -1.16. The summed E-state index contributed by atoms with van der Waals surface area (Å²) in [6.07, 6.45) is 1.08. The van der Waals surface area contributed by atoms with Gasteiger partial charge in [-0.05, 0) is 47.2 Å². The zero-order valence-electron chi connectivity index (χ0n) is 15.2. The fourth-order valence-corrected chi connectivity index (χ4v) is 2.45. The molecule has 0 radical (unpaired) electrons. The fourth-order valence-electron chi connectivity index (χ4n) is 2.45. The maximum absolute atomic E-state index is 11.9. The number of nitrogens with one attached hydrogen (secondary N) is 2. The summed E-state index contributed by atoms with van der Waals surface area (Å²) in [5.41, 5.74) is -0.459. The average Bonchev–Trinajstić information content (AvgIpc) is 2.83. The molecule has 0 spiro atoms. The minimum absolute atomic E-state index is 0.125. The van der Waals surface area contributed by atoms with Gasteiger partial charge in [-0.25, -0.2) is 4.79 Å². The molecule has 0 aliphatic heterocycles. The quantitative estimate of drug-likeness (QED) is 0.684. The van der Waals surface area contributed by atoms with Crippen molar-refractivity contribution in [3.8, 4) is 0 Å².